The zero-order valence-corrected chi connectivity index (χ0v) is 12.0. The maximum atomic E-state index is 11.9. The van der Waals surface area contributed by atoms with Gasteiger partial charge in [0.15, 0.2) is 5.76 Å². The topological polar surface area (TPSA) is 58.6 Å². The van der Waals surface area contributed by atoms with Crippen molar-refractivity contribution >= 4 is 5.91 Å². The summed E-state index contributed by atoms with van der Waals surface area (Å²) in [5.74, 6) is 0.734. The molecule has 1 atom stereocenters. The van der Waals surface area contributed by atoms with Gasteiger partial charge in [-0.3, -0.25) is 9.69 Å². The van der Waals surface area contributed by atoms with Crippen LogP contribution in [0.4, 0.5) is 0 Å². The quantitative estimate of drug-likeness (QED) is 0.918. The van der Waals surface area contributed by atoms with Crippen molar-refractivity contribution in [3.05, 3.63) is 48.3 Å². The van der Waals surface area contributed by atoms with E-state index in [-0.39, 0.29) is 5.91 Å². The highest BCUT2D eigenvalue weighted by Crippen LogP contribution is 2.18. The van der Waals surface area contributed by atoms with Gasteiger partial charge in [0.25, 0.3) is 5.91 Å². The van der Waals surface area contributed by atoms with Crippen LogP contribution < -0.4 is 5.32 Å². The molecule has 0 radical (unpaired) electrons. The van der Waals surface area contributed by atoms with Gasteiger partial charge in [-0.1, -0.05) is 0 Å². The number of amides is 1. The van der Waals surface area contributed by atoms with Crippen LogP contribution in [0.3, 0.4) is 0 Å². The number of piperidine rings is 1. The highest BCUT2D eigenvalue weighted by atomic mass is 16.3. The van der Waals surface area contributed by atoms with Crippen LogP contribution in [0.5, 0.6) is 0 Å². The molecule has 5 nitrogen and oxygen atoms in total. The molecule has 0 saturated carbocycles. The molecular formula is C16H20N2O3. The lowest BCUT2D eigenvalue weighted by Gasteiger charge is -2.32. The molecule has 2 aromatic rings. The Bertz CT molecular complexity index is 548. The minimum Gasteiger partial charge on any atom is -0.472 e. The molecule has 2 aromatic heterocycles. The largest absolute Gasteiger partial charge is 0.472 e. The molecule has 0 spiro atoms. The molecule has 1 saturated heterocycles. The van der Waals surface area contributed by atoms with E-state index in [1.54, 1.807) is 24.7 Å². The summed E-state index contributed by atoms with van der Waals surface area (Å²) in [5.41, 5.74) is 1.20. The van der Waals surface area contributed by atoms with Gasteiger partial charge in [0.1, 0.15) is 0 Å². The van der Waals surface area contributed by atoms with Crippen LogP contribution in [0.15, 0.2) is 45.8 Å². The summed E-state index contributed by atoms with van der Waals surface area (Å²) in [7, 11) is 0. The number of nitrogens with one attached hydrogen (secondary N) is 1. The van der Waals surface area contributed by atoms with E-state index in [0.29, 0.717) is 18.2 Å². The van der Waals surface area contributed by atoms with E-state index in [1.807, 2.05) is 6.07 Å². The zero-order valence-electron chi connectivity index (χ0n) is 12.0. The summed E-state index contributed by atoms with van der Waals surface area (Å²) < 4.78 is 10.2. The van der Waals surface area contributed by atoms with Crippen molar-refractivity contribution in [3.63, 3.8) is 0 Å². The Morgan fingerprint density at radius 2 is 2.33 bits per heavy atom. The Morgan fingerprint density at radius 3 is 3.10 bits per heavy atom. The average Bonchev–Trinajstić information content (AvgIpc) is 3.18. The van der Waals surface area contributed by atoms with Crippen molar-refractivity contribution in [2.75, 3.05) is 19.6 Å². The number of carbonyl (C=O) groups is 1. The molecule has 1 amide bonds. The second-order valence-corrected chi connectivity index (χ2v) is 5.56. The third-order valence-electron chi connectivity index (χ3n) is 3.89. The Balaban J connectivity index is 1.46. The number of hydrogen-bond donors (Lipinski definition) is 1. The zero-order chi connectivity index (χ0) is 14.5. The molecule has 1 N–H and O–H groups in total. The Morgan fingerprint density at radius 1 is 1.38 bits per heavy atom. The Hall–Kier alpha value is -2.01. The van der Waals surface area contributed by atoms with Crippen LogP contribution in [0.1, 0.15) is 29.0 Å². The normalized spacial score (nSPS) is 19.5. The lowest BCUT2D eigenvalue weighted by molar-refractivity contribution is 0.0903. The maximum Gasteiger partial charge on any atom is 0.286 e. The van der Waals surface area contributed by atoms with Crippen LogP contribution in [-0.4, -0.2) is 30.4 Å². The summed E-state index contributed by atoms with van der Waals surface area (Å²) in [5, 5.41) is 2.96. The van der Waals surface area contributed by atoms with Gasteiger partial charge in [0.05, 0.1) is 18.8 Å². The van der Waals surface area contributed by atoms with E-state index in [4.69, 9.17) is 8.83 Å². The van der Waals surface area contributed by atoms with Gasteiger partial charge in [-0.15, -0.1) is 0 Å². The molecule has 1 unspecified atom stereocenters. The number of nitrogens with zero attached hydrogens (tertiary/aromatic N) is 1. The van der Waals surface area contributed by atoms with Crippen molar-refractivity contribution in [1.29, 1.82) is 0 Å². The molecule has 1 aliphatic heterocycles. The fraction of sp³-hybridized carbons (Fsp3) is 0.438. The average molecular weight is 288 g/mol. The molecule has 5 heteroatoms. The monoisotopic (exact) mass is 288 g/mol. The Kier molecular flexibility index (Phi) is 4.40. The van der Waals surface area contributed by atoms with E-state index in [2.05, 4.69) is 10.2 Å². The number of likely N-dealkylation sites (tertiary alicyclic amines) is 1. The van der Waals surface area contributed by atoms with Crippen molar-refractivity contribution in [3.8, 4) is 0 Å². The van der Waals surface area contributed by atoms with E-state index in [1.165, 1.54) is 18.2 Å². The molecule has 0 aromatic carbocycles. The van der Waals surface area contributed by atoms with E-state index >= 15 is 0 Å². The maximum absolute atomic E-state index is 11.9. The summed E-state index contributed by atoms with van der Waals surface area (Å²) in [6.07, 6.45) is 7.34. The number of rotatable bonds is 5. The summed E-state index contributed by atoms with van der Waals surface area (Å²) >= 11 is 0. The van der Waals surface area contributed by atoms with Crippen LogP contribution in [0, 0.1) is 5.92 Å². The lowest BCUT2D eigenvalue weighted by Crippen LogP contribution is -2.40. The molecule has 112 valence electrons. The third kappa shape index (κ3) is 3.76. The SMILES string of the molecule is O=C(NCC1CCCN(Cc2ccoc2)C1)c1ccco1. The second-order valence-electron chi connectivity index (χ2n) is 5.56. The van der Waals surface area contributed by atoms with Crippen LogP contribution in [0.25, 0.3) is 0 Å². The van der Waals surface area contributed by atoms with Gasteiger partial charge in [-0.25, -0.2) is 0 Å². The summed E-state index contributed by atoms with van der Waals surface area (Å²) in [4.78, 5) is 14.3. The predicted molar refractivity (Wildman–Crippen MR) is 77.8 cm³/mol. The number of furan rings is 2. The van der Waals surface area contributed by atoms with Gasteiger partial charge in [0.2, 0.25) is 0 Å². The van der Waals surface area contributed by atoms with Crippen molar-refractivity contribution in [2.45, 2.75) is 19.4 Å². The van der Waals surface area contributed by atoms with Gasteiger partial charge in [0, 0.05) is 25.2 Å². The van der Waals surface area contributed by atoms with Crippen LogP contribution in [-0.2, 0) is 6.54 Å². The van der Waals surface area contributed by atoms with Gasteiger partial charge >= 0.3 is 0 Å². The smallest absolute Gasteiger partial charge is 0.286 e. The first-order chi connectivity index (χ1) is 10.3. The minimum absolute atomic E-state index is 0.132. The van der Waals surface area contributed by atoms with Gasteiger partial charge in [-0.2, -0.15) is 0 Å². The molecule has 21 heavy (non-hydrogen) atoms. The number of hydrogen-bond acceptors (Lipinski definition) is 4. The fourth-order valence-electron chi connectivity index (χ4n) is 2.83. The lowest BCUT2D eigenvalue weighted by atomic mass is 9.97. The molecule has 3 heterocycles. The molecule has 0 bridgehead atoms. The third-order valence-corrected chi connectivity index (χ3v) is 3.89. The molecule has 1 aliphatic rings. The van der Waals surface area contributed by atoms with E-state index < -0.39 is 0 Å². The van der Waals surface area contributed by atoms with Crippen molar-refractivity contribution in [1.82, 2.24) is 10.2 Å². The first-order valence-electron chi connectivity index (χ1n) is 7.36. The van der Waals surface area contributed by atoms with Crippen LogP contribution in [0.2, 0.25) is 0 Å². The molecule has 0 aliphatic carbocycles. The van der Waals surface area contributed by atoms with E-state index in [9.17, 15) is 4.79 Å². The van der Waals surface area contributed by atoms with Gasteiger partial charge in [-0.05, 0) is 43.5 Å². The highest BCUT2D eigenvalue weighted by Gasteiger charge is 2.21. The number of carbonyl (C=O) groups excluding carboxylic acids is 1. The van der Waals surface area contributed by atoms with Crippen LogP contribution >= 0.6 is 0 Å². The summed E-state index contributed by atoms with van der Waals surface area (Å²) in [6.45, 7) is 3.72. The highest BCUT2D eigenvalue weighted by molar-refractivity contribution is 5.91. The van der Waals surface area contributed by atoms with E-state index in [0.717, 1.165) is 26.1 Å². The first-order valence-corrected chi connectivity index (χ1v) is 7.36. The fourth-order valence-corrected chi connectivity index (χ4v) is 2.83. The van der Waals surface area contributed by atoms with Crippen molar-refractivity contribution < 1.29 is 13.6 Å². The molecule has 3 rings (SSSR count). The molecular weight excluding hydrogens is 268 g/mol. The van der Waals surface area contributed by atoms with Crippen molar-refractivity contribution in [2.24, 2.45) is 5.92 Å². The summed E-state index contributed by atoms with van der Waals surface area (Å²) in [6, 6.07) is 5.41. The first kappa shape index (κ1) is 13.9. The standard InChI is InChI=1S/C16H20N2O3/c19-16(15-4-2-7-21-15)17-9-13-3-1-6-18(10-13)11-14-5-8-20-12-14/h2,4-5,7-8,12-13H,1,3,6,9-11H2,(H,17,19). The van der Waals surface area contributed by atoms with Gasteiger partial charge < -0.3 is 14.2 Å². The molecule has 1 fully saturated rings. The minimum atomic E-state index is -0.132. The Labute approximate surface area is 123 Å². The predicted octanol–water partition coefficient (Wildman–Crippen LogP) is 2.51. The second kappa shape index (κ2) is 6.63.